The Bertz CT molecular complexity index is 1330. The van der Waals surface area contributed by atoms with E-state index in [9.17, 15) is 14.7 Å². The summed E-state index contributed by atoms with van der Waals surface area (Å²) in [4.78, 5) is 29.8. The molecule has 2 N–H and O–H groups in total. The van der Waals surface area contributed by atoms with Gasteiger partial charge < -0.3 is 34.4 Å². The van der Waals surface area contributed by atoms with Crippen LogP contribution < -0.4 is 5.32 Å². The zero-order valence-electron chi connectivity index (χ0n) is 31.6. The SMILES string of the molecule is CCNC1CN(C(=O)OC2CCC34CC35CCC3(C)[C@@H]6C(OC(C(OC(=O)N7CCC7)C(C)C)C[C@H]6C)[C@H](O)[C@@]3(C)C5CC[C@H]4C2(C)C)C1. The molecular weight excluding hydrogens is 618 g/mol. The van der Waals surface area contributed by atoms with Crippen LogP contribution in [0.5, 0.6) is 0 Å². The van der Waals surface area contributed by atoms with E-state index < -0.39 is 6.10 Å². The highest BCUT2D eigenvalue weighted by molar-refractivity contribution is 5.69. The number of likely N-dealkylation sites (tertiary alicyclic amines) is 2. The number of likely N-dealkylation sites (N-methyl/N-ethyl adjacent to an activating group) is 1. The van der Waals surface area contributed by atoms with Crippen molar-refractivity contribution < 1.29 is 28.9 Å². The first-order valence-corrected chi connectivity index (χ1v) is 20.1. The number of hydrogen-bond acceptors (Lipinski definition) is 7. The summed E-state index contributed by atoms with van der Waals surface area (Å²) in [6.45, 7) is 22.4. The normalized spacial score (nSPS) is 48.5. The predicted octanol–water partition coefficient (Wildman–Crippen LogP) is 6.47. The summed E-state index contributed by atoms with van der Waals surface area (Å²) in [6.07, 6.45) is 8.11. The van der Waals surface area contributed by atoms with Crippen molar-refractivity contribution in [2.45, 2.75) is 150 Å². The average Bonchev–Trinajstić information content (AvgIpc) is 3.62. The van der Waals surface area contributed by atoms with E-state index in [4.69, 9.17) is 14.2 Å². The van der Waals surface area contributed by atoms with Crippen LogP contribution in [-0.4, -0.2) is 96.4 Å². The highest BCUT2D eigenvalue weighted by Crippen LogP contribution is 2.89. The second-order valence-electron chi connectivity index (χ2n) is 19.5. The van der Waals surface area contributed by atoms with Gasteiger partial charge in [-0.05, 0) is 110 Å². The van der Waals surface area contributed by atoms with E-state index in [1.807, 2.05) is 4.90 Å². The topological polar surface area (TPSA) is 101 Å². The van der Waals surface area contributed by atoms with Gasteiger partial charge in [0.15, 0.2) is 0 Å². The first-order valence-electron chi connectivity index (χ1n) is 20.1. The minimum atomic E-state index is -0.545. The molecule has 2 amide bonds. The van der Waals surface area contributed by atoms with Gasteiger partial charge in [0, 0.05) is 43.1 Å². The molecule has 8 unspecified atom stereocenters. The first kappa shape index (κ1) is 34.5. The van der Waals surface area contributed by atoms with Crippen LogP contribution in [-0.2, 0) is 14.2 Å². The van der Waals surface area contributed by atoms with E-state index in [0.717, 1.165) is 77.7 Å². The molecule has 8 aliphatic rings. The average molecular weight is 684 g/mol. The fourth-order valence-corrected chi connectivity index (χ4v) is 14.3. The molecule has 9 nitrogen and oxygen atoms in total. The number of ether oxygens (including phenoxy) is 3. The van der Waals surface area contributed by atoms with Crippen LogP contribution in [0.3, 0.4) is 0 Å². The van der Waals surface area contributed by atoms with Gasteiger partial charge in [-0.15, -0.1) is 0 Å². The third-order valence-corrected chi connectivity index (χ3v) is 17.0. The molecule has 8 fully saturated rings. The Morgan fingerprint density at radius 2 is 1.65 bits per heavy atom. The van der Waals surface area contributed by atoms with Crippen LogP contribution in [0.4, 0.5) is 9.59 Å². The second-order valence-corrected chi connectivity index (χ2v) is 19.5. The molecule has 8 rings (SSSR count). The van der Waals surface area contributed by atoms with Crippen LogP contribution in [0.1, 0.15) is 113 Å². The minimum Gasteiger partial charge on any atom is -0.446 e. The summed E-state index contributed by atoms with van der Waals surface area (Å²) in [6, 6.07) is 0.387. The number of carbonyl (C=O) groups excluding carboxylic acids is 2. The lowest BCUT2D eigenvalue weighted by Gasteiger charge is -2.63. The van der Waals surface area contributed by atoms with Crippen LogP contribution in [0.2, 0.25) is 0 Å². The number of carbonyl (C=O) groups is 2. The minimum absolute atomic E-state index is 0.0143. The zero-order valence-corrected chi connectivity index (χ0v) is 31.6. The number of rotatable bonds is 6. The third-order valence-electron chi connectivity index (χ3n) is 17.0. The van der Waals surface area contributed by atoms with Gasteiger partial charge in [-0.3, -0.25) is 0 Å². The third kappa shape index (κ3) is 4.58. The van der Waals surface area contributed by atoms with Crippen molar-refractivity contribution in [3.63, 3.8) is 0 Å². The van der Waals surface area contributed by atoms with Gasteiger partial charge in [0.25, 0.3) is 0 Å². The molecule has 13 atom stereocenters. The van der Waals surface area contributed by atoms with Gasteiger partial charge in [0.05, 0.1) is 18.3 Å². The van der Waals surface area contributed by atoms with Gasteiger partial charge in [0.2, 0.25) is 0 Å². The Labute approximate surface area is 294 Å². The molecule has 5 aliphatic carbocycles. The molecule has 0 aromatic rings. The lowest BCUT2D eigenvalue weighted by molar-refractivity contribution is -0.186. The first-order chi connectivity index (χ1) is 23.1. The summed E-state index contributed by atoms with van der Waals surface area (Å²) in [5, 5.41) is 16.1. The Hall–Kier alpha value is -1.58. The van der Waals surface area contributed by atoms with Gasteiger partial charge in [-0.2, -0.15) is 0 Å². The number of nitrogens with zero attached hydrogens (tertiary/aromatic N) is 2. The van der Waals surface area contributed by atoms with Crippen molar-refractivity contribution in [1.29, 1.82) is 0 Å². The van der Waals surface area contributed by atoms with Gasteiger partial charge in [0.1, 0.15) is 12.2 Å². The van der Waals surface area contributed by atoms with Crippen molar-refractivity contribution in [3.05, 3.63) is 0 Å². The molecule has 0 aromatic heterocycles. The van der Waals surface area contributed by atoms with E-state index in [-0.39, 0.29) is 75.5 Å². The lowest BCUT2D eigenvalue weighted by Crippen LogP contribution is -2.62. The molecule has 5 saturated carbocycles. The molecule has 2 spiro atoms. The summed E-state index contributed by atoms with van der Waals surface area (Å²) >= 11 is 0. The van der Waals surface area contributed by atoms with Crippen LogP contribution in [0.25, 0.3) is 0 Å². The molecule has 49 heavy (non-hydrogen) atoms. The van der Waals surface area contributed by atoms with Crippen LogP contribution >= 0.6 is 0 Å². The molecule has 276 valence electrons. The highest BCUT2D eigenvalue weighted by atomic mass is 16.6. The number of amides is 2. The van der Waals surface area contributed by atoms with E-state index in [1.165, 1.54) is 12.8 Å². The largest absolute Gasteiger partial charge is 0.446 e. The van der Waals surface area contributed by atoms with Crippen LogP contribution in [0.15, 0.2) is 0 Å². The zero-order chi connectivity index (χ0) is 34.9. The molecule has 0 radical (unpaired) electrons. The summed E-state index contributed by atoms with van der Waals surface area (Å²) in [5.74, 6) is 1.77. The summed E-state index contributed by atoms with van der Waals surface area (Å²) in [5.41, 5.74) is 0.184. The molecule has 0 aromatic carbocycles. The molecule has 0 bridgehead atoms. The van der Waals surface area contributed by atoms with E-state index in [0.29, 0.717) is 23.8 Å². The predicted molar refractivity (Wildman–Crippen MR) is 187 cm³/mol. The van der Waals surface area contributed by atoms with E-state index in [2.05, 4.69) is 60.7 Å². The maximum Gasteiger partial charge on any atom is 0.410 e. The standard InChI is InChI=1S/C40H65N3O6/c1-9-41-25-20-43(21-25)35(46)48-29-13-14-39-22-40(39)16-15-37(7)30-24(4)19-26(31(23(2)3)49-34(45)42-17-10-18-42)47-32(30)33(44)38(37,8)28(40)12-11-27(39)36(29,5)6/h23-33,41,44H,9-22H2,1-8H3/t24-,26?,27+,28?,29?,30+,31?,32?,33+,37?,38-,39?,40?/m1/s1. The van der Waals surface area contributed by atoms with Crippen LogP contribution in [0, 0.1) is 56.7 Å². The maximum atomic E-state index is 13.2. The van der Waals surface area contributed by atoms with Gasteiger partial charge in [-0.1, -0.05) is 55.4 Å². The monoisotopic (exact) mass is 683 g/mol. The smallest absolute Gasteiger partial charge is 0.410 e. The van der Waals surface area contributed by atoms with E-state index >= 15 is 0 Å². The Morgan fingerprint density at radius 1 is 0.959 bits per heavy atom. The van der Waals surface area contributed by atoms with Gasteiger partial charge in [-0.25, -0.2) is 9.59 Å². The number of aliphatic hydroxyl groups is 1. The Balaban J connectivity index is 1.01. The molecule has 3 aliphatic heterocycles. The number of fused-ring (bicyclic) bond motifs is 4. The van der Waals surface area contributed by atoms with Crippen molar-refractivity contribution in [2.24, 2.45) is 56.7 Å². The molecular formula is C40H65N3O6. The molecule has 9 heteroatoms. The van der Waals surface area contributed by atoms with Crippen molar-refractivity contribution in [2.75, 3.05) is 32.7 Å². The highest BCUT2D eigenvalue weighted by Gasteiger charge is 2.84. The molecule has 3 heterocycles. The Morgan fingerprint density at radius 3 is 2.31 bits per heavy atom. The fourth-order valence-electron chi connectivity index (χ4n) is 14.3. The Kier molecular flexibility index (Phi) is 8.07. The lowest BCUT2D eigenvalue weighted by atomic mass is 9.41. The maximum absolute atomic E-state index is 13.2. The summed E-state index contributed by atoms with van der Waals surface area (Å²) in [7, 11) is 0. The number of nitrogens with one attached hydrogen (secondary N) is 1. The second kappa shape index (κ2) is 11.5. The van der Waals surface area contributed by atoms with Gasteiger partial charge >= 0.3 is 12.2 Å². The number of hydrogen-bond donors (Lipinski definition) is 2. The summed E-state index contributed by atoms with van der Waals surface area (Å²) < 4.78 is 19.5. The van der Waals surface area contributed by atoms with E-state index in [1.54, 1.807) is 4.90 Å². The fraction of sp³-hybridized carbons (Fsp3) is 0.950. The number of aliphatic hydroxyl groups excluding tert-OH is 1. The molecule has 3 saturated heterocycles. The quantitative estimate of drug-likeness (QED) is 0.331. The van der Waals surface area contributed by atoms with Crippen molar-refractivity contribution >= 4 is 12.2 Å². The van der Waals surface area contributed by atoms with Crippen molar-refractivity contribution in [3.8, 4) is 0 Å². The van der Waals surface area contributed by atoms with Crippen molar-refractivity contribution in [1.82, 2.24) is 15.1 Å².